The molecule has 6 heteroatoms. The summed E-state index contributed by atoms with van der Waals surface area (Å²) in [6.07, 6.45) is 1.39. The van der Waals surface area contributed by atoms with Crippen LogP contribution in [0.25, 0.3) is 5.69 Å². The summed E-state index contributed by atoms with van der Waals surface area (Å²) in [5.41, 5.74) is 5.87. The zero-order chi connectivity index (χ0) is 10.1. The number of hydrogen-bond donors (Lipinski definition) is 1. The molecular weight excluding hydrogens is 207 g/mol. The number of aromatic nitrogens is 3. The van der Waals surface area contributed by atoms with Crippen LogP contribution < -0.4 is 5.73 Å². The van der Waals surface area contributed by atoms with Crippen LogP contribution in [0.3, 0.4) is 0 Å². The Morgan fingerprint density at radius 3 is 2.79 bits per heavy atom. The molecule has 0 unspecified atom stereocenters. The zero-order valence-corrected chi connectivity index (χ0v) is 7.74. The monoisotopic (exact) mass is 212 g/mol. The van der Waals surface area contributed by atoms with Crippen molar-refractivity contribution in [3.05, 3.63) is 35.2 Å². The molecule has 0 aliphatic heterocycles. The molecule has 2 aromatic rings. The molecule has 14 heavy (non-hydrogen) atoms. The third kappa shape index (κ3) is 1.54. The van der Waals surface area contributed by atoms with Crippen LogP contribution in [0.15, 0.2) is 24.4 Å². The van der Waals surface area contributed by atoms with E-state index in [0.717, 1.165) is 0 Å². The Kier molecular flexibility index (Phi) is 2.09. The van der Waals surface area contributed by atoms with E-state index < -0.39 is 5.82 Å². The summed E-state index contributed by atoms with van der Waals surface area (Å²) in [5.74, 6) is -0.121. The van der Waals surface area contributed by atoms with Crippen molar-refractivity contribution in [1.82, 2.24) is 15.0 Å². The van der Waals surface area contributed by atoms with Gasteiger partial charge in [-0.25, -0.2) is 4.39 Å². The summed E-state index contributed by atoms with van der Waals surface area (Å²) >= 11 is 5.79. The van der Waals surface area contributed by atoms with Gasteiger partial charge in [-0.05, 0) is 18.2 Å². The van der Waals surface area contributed by atoms with E-state index in [4.69, 9.17) is 17.3 Å². The van der Waals surface area contributed by atoms with Crippen LogP contribution in [0.1, 0.15) is 0 Å². The zero-order valence-electron chi connectivity index (χ0n) is 6.98. The normalized spacial score (nSPS) is 10.4. The summed E-state index contributed by atoms with van der Waals surface area (Å²) in [4.78, 5) is 1.25. The first-order chi connectivity index (χ1) is 6.66. The number of nitrogens with zero attached hydrogens (tertiary/aromatic N) is 3. The third-order valence-corrected chi connectivity index (χ3v) is 1.94. The molecule has 72 valence electrons. The highest BCUT2D eigenvalue weighted by molar-refractivity contribution is 6.32. The number of nitrogens with two attached hydrogens (primary N) is 1. The van der Waals surface area contributed by atoms with Crippen molar-refractivity contribution in [3.8, 4) is 5.69 Å². The molecule has 0 aliphatic rings. The number of halogens is 2. The fourth-order valence-corrected chi connectivity index (χ4v) is 1.28. The van der Waals surface area contributed by atoms with Crippen molar-refractivity contribution in [2.75, 3.05) is 5.73 Å². The fourth-order valence-electron chi connectivity index (χ4n) is 1.03. The highest BCUT2D eigenvalue weighted by Crippen LogP contribution is 2.20. The van der Waals surface area contributed by atoms with E-state index in [1.807, 2.05) is 0 Å². The van der Waals surface area contributed by atoms with Gasteiger partial charge in [-0.1, -0.05) is 11.6 Å². The van der Waals surface area contributed by atoms with Crippen molar-refractivity contribution < 1.29 is 4.39 Å². The maximum absolute atomic E-state index is 12.7. The molecule has 0 saturated heterocycles. The van der Waals surface area contributed by atoms with E-state index in [0.29, 0.717) is 5.69 Å². The molecule has 0 bridgehead atoms. The highest BCUT2D eigenvalue weighted by atomic mass is 35.5. The summed E-state index contributed by atoms with van der Waals surface area (Å²) in [6, 6.07) is 3.95. The maximum atomic E-state index is 12.7. The van der Waals surface area contributed by atoms with Gasteiger partial charge in [-0.3, -0.25) is 0 Å². The lowest BCUT2D eigenvalue weighted by atomic mass is 10.3. The minimum Gasteiger partial charge on any atom is -0.381 e. The van der Waals surface area contributed by atoms with E-state index in [-0.39, 0.29) is 10.8 Å². The predicted octanol–water partition coefficient (Wildman–Crippen LogP) is 1.64. The molecule has 1 heterocycles. The van der Waals surface area contributed by atoms with Gasteiger partial charge in [0.05, 0.1) is 11.2 Å². The minimum atomic E-state index is -0.404. The quantitative estimate of drug-likeness (QED) is 0.782. The van der Waals surface area contributed by atoms with Gasteiger partial charge in [0.25, 0.3) is 0 Å². The molecular formula is C8H6ClFN4. The highest BCUT2D eigenvalue weighted by Gasteiger charge is 2.06. The predicted molar refractivity (Wildman–Crippen MR) is 50.7 cm³/mol. The Morgan fingerprint density at radius 1 is 1.43 bits per heavy atom. The SMILES string of the molecule is Nc1cnn(-c2ccc(F)cc2Cl)n1. The van der Waals surface area contributed by atoms with Crippen LogP contribution in [0, 0.1) is 5.82 Å². The van der Waals surface area contributed by atoms with Gasteiger partial charge >= 0.3 is 0 Å². The Morgan fingerprint density at radius 2 is 2.21 bits per heavy atom. The summed E-state index contributed by atoms with van der Waals surface area (Å²) in [5, 5.41) is 7.93. The van der Waals surface area contributed by atoms with Crippen molar-refractivity contribution in [2.24, 2.45) is 0 Å². The van der Waals surface area contributed by atoms with Gasteiger partial charge in [0.2, 0.25) is 0 Å². The van der Waals surface area contributed by atoms with E-state index in [2.05, 4.69) is 10.2 Å². The first-order valence-corrected chi connectivity index (χ1v) is 4.18. The number of benzene rings is 1. The number of rotatable bonds is 1. The minimum absolute atomic E-state index is 0.237. The smallest absolute Gasteiger partial charge is 0.166 e. The van der Waals surface area contributed by atoms with E-state index in [1.165, 1.54) is 29.2 Å². The molecule has 0 fully saturated rings. The molecule has 4 nitrogen and oxygen atoms in total. The van der Waals surface area contributed by atoms with Crippen LogP contribution in [0.5, 0.6) is 0 Å². The second-order valence-electron chi connectivity index (χ2n) is 2.65. The lowest BCUT2D eigenvalue weighted by molar-refractivity contribution is 0.626. The first-order valence-electron chi connectivity index (χ1n) is 3.80. The fraction of sp³-hybridized carbons (Fsp3) is 0. The Balaban J connectivity index is 2.52. The first kappa shape index (κ1) is 8.96. The molecule has 0 radical (unpaired) electrons. The van der Waals surface area contributed by atoms with Crippen LogP contribution in [0.4, 0.5) is 10.2 Å². The van der Waals surface area contributed by atoms with Gasteiger partial charge in [-0.15, -0.1) is 9.90 Å². The number of hydrogen-bond acceptors (Lipinski definition) is 3. The van der Waals surface area contributed by atoms with Crippen LogP contribution >= 0.6 is 11.6 Å². The third-order valence-electron chi connectivity index (χ3n) is 1.63. The average molecular weight is 213 g/mol. The van der Waals surface area contributed by atoms with E-state index in [1.54, 1.807) is 0 Å². The number of nitrogen functional groups attached to an aromatic ring is 1. The molecule has 0 atom stereocenters. The Hall–Kier alpha value is -1.62. The lowest BCUT2D eigenvalue weighted by Crippen LogP contribution is -2.00. The molecule has 0 aliphatic carbocycles. The summed E-state index contributed by atoms with van der Waals surface area (Å²) in [6.45, 7) is 0. The van der Waals surface area contributed by atoms with Crippen molar-refractivity contribution >= 4 is 17.4 Å². The molecule has 1 aromatic carbocycles. The standard InChI is InChI=1S/C8H6ClFN4/c9-6-3-5(10)1-2-7(6)14-12-4-8(11)13-14/h1-4H,(H2,11,13). The van der Waals surface area contributed by atoms with Crippen LogP contribution in [0.2, 0.25) is 5.02 Å². The van der Waals surface area contributed by atoms with E-state index >= 15 is 0 Å². The van der Waals surface area contributed by atoms with Crippen molar-refractivity contribution in [1.29, 1.82) is 0 Å². The van der Waals surface area contributed by atoms with Crippen molar-refractivity contribution in [2.45, 2.75) is 0 Å². The van der Waals surface area contributed by atoms with Gasteiger partial charge in [0, 0.05) is 0 Å². The summed E-state index contributed by atoms with van der Waals surface area (Å²) < 4.78 is 12.7. The van der Waals surface area contributed by atoms with Gasteiger partial charge in [-0.2, -0.15) is 5.10 Å². The molecule has 0 spiro atoms. The van der Waals surface area contributed by atoms with Crippen LogP contribution in [-0.4, -0.2) is 15.0 Å². The molecule has 0 amide bonds. The van der Waals surface area contributed by atoms with E-state index in [9.17, 15) is 4.39 Å². The Bertz CT molecular complexity index is 468. The topological polar surface area (TPSA) is 56.7 Å². The maximum Gasteiger partial charge on any atom is 0.166 e. The van der Waals surface area contributed by atoms with Gasteiger partial charge in [0.1, 0.15) is 11.5 Å². The Labute approximate surface area is 84.1 Å². The molecule has 0 saturated carbocycles. The second kappa shape index (κ2) is 3.26. The van der Waals surface area contributed by atoms with Gasteiger partial charge in [0.15, 0.2) is 5.82 Å². The molecule has 2 rings (SSSR count). The van der Waals surface area contributed by atoms with Gasteiger partial charge < -0.3 is 5.73 Å². The van der Waals surface area contributed by atoms with Crippen LogP contribution in [-0.2, 0) is 0 Å². The second-order valence-corrected chi connectivity index (χ2v) is 3.06. The average Bonchev–Trinajstić information content (AvgIpc) is 2.51. The van der Waals surface area contributed by atoms with Crippen molar-refractivity contribution in [3.63, 3.8) is 0 Å². The molecule has 2 N–H and O–H groups in total. The number of anilines is 1. The summed E-state index contributed by atoms with van der Waals surface area (Å²) in [7, 11) is 0. The molecule has 1 aromatic heterocycles. The largest absolute Gasteiger partial charge is 0.381 e. The lowest BCUT2D eigenvalue weighted by Gasteiger charge is -2.01.